The molecule has 2 aromatic rings. The van der Waals surface area contributed by atoms with Crippen LogP contribution >= 0.6 is 0 Å². The predicted molar refractivity (Wildman–Crippen MR) is 84.2 cm³/mol. The summed E-state index contributed by atoms with van der Waals surface area (Å²) in [5.41, 5.74) is 2.16. The zero-order valence-electron chi connectivity index (χ0n) is 12.2. The molecule has 0 amide bonds. The van der Waals surface area contributed by atoms with Gasteiger partial charge in [-0.3, -0.25) is 4.79 Å². The van der Waals surface area contributed by atoms with Gasteiger partial charge in [0.2, 0.25) is 0 Å². The molecule has 0 unspecified atom stereocenters. The second kappa shape index (κ2) is 5.78. The van der Waals surface area contributed by atoms with Crippen molar-refractivity contribution in [3.8, 4) is 0 Å². The van der Waals surface area contributed by atoms with E-state index in [1.165, 1.54) is 43.1 Å². The Hall–Kier alpha value is -1.63. The molecule has 0 spiro atoms. The van der Waals surface area contributed by atoms with Crippen molar-refractivity contribution in [3.63, 3.8) is 0 Å². The van der Waals surface area contributed by atoms with Crippen LogP contribution in [0.2, 0.25) is 0 Å². The van der Waals surface area contributed by atoms with Crippen LogP contribution in [0.5, 0.6) is 0 Å². The molecule has 0 aliphatic heterocycles. The number of ketones is 1. The molecular formula is C19H22O. The first-order chi connectivity index (χ1) is 9.75. The van der Waals surface area contributed by atoms with Crippen LogP contribution < -0.4 is 0 Å². The zero-order valence-corrected chi connectivity index (χ0v) is 12.2. The van der Waals surface area contributed by atoms with Gasteiger partial charge in [-0.25, -0.2) is 0 Å². The van der Waals surface area contributed by atoms with Crippen molar-refractivity contribution in [2.75, 3.05) is 0 Å². The lowest BCUT2D eigenvalue weighted by Crippen LogP contribution is -2.12. The van der Waals surface area contributed by atoms with E-state index in [-0.39, 0.29) is 0 Å². The number of carbonyl (C=O) groups excluding carboxylic acids is 1. The van der Waals surface area contributed by atoms with E-state index in [2.05, 4.69) is 25.1 Å². The summed E-state index contributed by atoms with van der Waals surface area (Å²) < 4.78 is 0. The van der Waals surface area contributed by atoms with Crippen molar-refractivity contribution in [2.45, 2.75) is 45.4 Å². The molecule has 0 aromatic heterocycles. The maximum Gasteiger partial charge on any atom is 0.163 e. The number of aryl methyl sites for hydroxylation is 1. The Morgan fingerprint density at radius 3 is 2.45 bits per heavy atom. The maximum absolute atomic E-state index is 12.6. The number of rotatable bonds is 3. The van der Waals surface area contributed by atoms with Crippen LogP contribution in [0, 0.1) is 12.8 Å². The van der Waals surface area contributed by atoms with Gasteiger partial charge >= 0.3 is 0 Å². The fraction of sp³-hybridized carbons (Fsp3) is 0.421. The third-order valence-corrected chi connectivity index (χ3v) is 4.64. The average Bonchev–Trinajstić information content (AvgIpc) is 2.49. The summed E-state index contributed by atoms with van der Waals surface area (Å²) in [5, 5.41) is 2.33. The topological polar surface area (TPSA) is 17.1 Å². The fourth-order valence-corrected chi connectivity index (χ4v) is 3.46. The molecule has 0 saturated heterocycles. The Bertz CT molecular complexity index is 621. The minimum atomic E-state index is 0.327. The molecule has 1 aliphatic rings. The number of benzene rings is 2. The SMILES string of the molecule is Cc1ccc(C(=O)CC2CCCCC2)c2ccccc12. The molecule has 0 N–H and O–H groups in total. The molecule has 1 heteroatoms. The second-order valence-electron chi connectivity index (χ2n) is 6.11. The van der Waals surface area contributed by atoms with E-state index < -0.39 is 0 Å². The number of hydrogen-bond donors (Lipinski definition) is 0. The Kier molecular flexibility index (Phi) is 3.86. The Labute approximate surface area is 121 Å². The van der Waals surface area contributed by atoms with Crippen LogP contribution in [0.15, 0.2) is 36.4 Å². The largest absolute Gasteiger partial charge is 0.294 e. The quantitative estimate of drug-likeness (QED) is 0.689. The molecule has 104 valence electrons. The first-order valence-corrected chi connectivity index (χ1v) is 7.77. The zero-order chi connectivity index (χ0) is 13.9. The number of hydrogen-bond acceptors (Lipinski definition) is 1. The predicted octanol–water partition coefficient (Wildman–Crippen LogP) is 5.30. The van der Waals surface area contributed by atoms with Gasteiger partial charge in [0.15, 0.2) is 5.78 Å². The van der Waals surface area contributed by atoms with Crippen LogP contribution in [-0.2, 0) is 0 Å². The molecule has 1 saturated carbocycles. The van der Waals surface area contributed by atoms with Crippen LogP contribution in [0.25, 0.3) is 10.8 Å². The molecule has 1 aliphatic carbocycles. The van der Waals surface area contributed by atoms with Gasteiger partial charge in [-0.1, -0.05) is 68.5 Å². The van der Waals surface area contributed by atoms with E-state index in [0.717, 1.165) is 17.4 Å². The van der Waals surface area contributed by atoms with Gasteiger partial charge in [0, 0.05) is 12.0 Å². The van der Waals surface area contributed by atoms with Crippen LogP contribution in [-0.4, -0.2) is 5.78 Å². The Balaban J connectivity index is 1.89. The summed E-state index contributed by atoms with van der Waals surface area (Å²) in [6, 6.07) is 12.4. The van der Waals surface area contributed by atoms with Crippen molar-refractivity contribution < 1.29 is 4.79 Å². The molecule has 1 fully saturated rings. The summed E-state index contributed by atoms with van der Waals surface area (Å²) in [7, 11) is 0. The van der Waals surface area contributed by atoms with Gasteiger partial charge in [-0.15, -0.1) is 0 Å². The lowest BCUT2D eigenvalue weighted by molar-refractivity contribution is 0.0952. The molecular weight excluding hydrogens is 244 g/mol. The summed E-state index contributed by atoms with van der Waals surface area (Å²) in [6.07, 6.45) is 7.13. The van der Waals surface area contributed by atoms with Gasteiger partial charge in [0.05, 0.1) is 0 Å². The minimum absolute atomic E-state index is 0.327. The van der Waals surface area contributed by atoms with Crippen LogP contribution in [0.3, 0.4) is 0 Å². The van der Waals surface area contributed by atoms with E-state index in [0.29, 0.717) is 11.7 Å². The lowest BCUT2D eigenvalue weighted by atomic mass is 9.84. The normalized spacial score (nSPS) is 16.4. The highest BCUT2D eigenvalue weighted by Gasteiger charge is 2.19. The van der Waals surface area contributed by atoms with Gasteiger partial charge in [0.25, 0.3) is 0 Å². The first kappa shape index (κ1) is 13.4. The van der Waals surface area contributed by atoms with Crippen molar-refractivity contribution in [2.24, 2.45) is 5.92 Å². The number of carbonyl (C=O) groups is 1. The summed E-state index contributed by atoms with van der Waals surface area (Å²) >= 11 is 0. The van der Waals surface area contributed by atoms with E-state index in [1.54, 1.807) is 0 Å². The van der Waals surface area contributed by atoms with Gasteiger partial charge in [-0.2, -0.15) is 0 Å². The van der Waals surface area contributed by atoms with Crippen molar-refractivity contribution in [3.05, 3.63) is 47.5 Å². The van der Waals surface area contributed by atoms with E-state index >= 15 is 0 Å². The van der Waals surface area contributed by atoms with Gasteiger partial charge in [0.1, 0.15) is 0 Å². The second-order valence-corrected chi connectivity index (χ2v) is 6.11. The molecule has 0 radical (unpaired) electrons. The van der Waals surface area contributed by atoms with Crippen molar-refractivity contribution in [1.82, 2.24) is 0 Å². The van der Waals surface area contributed by atoms with Crippen LogP contribution in [0.4, 0.5) is 0 Å². The van der Waals surface area contributed by atoms with Crippen LogP contribution in [0.1, 0.15) is 54.4 Å². The molecule has 0 bridgehead atoms. The smallest absolute Gasteiger partial charge is 0.163 e. The van der Waals surface area contributed by atoms with E-state index in [1.807, 2.05) is 18.2 Å². The molecule has 0 atom stereocenters. The molecule has 1 nitrogen and oxygen atoms in total. The highest BCUT2D eigenvalue weighted by atomic mass is 16.1. The average molecular weight is 266 g/mol. The third kappa shape index (κ3) is 2.63. The fourth-order valence-electron chi connectivity index (χ4n) is 3.46. The Morgan fingerprint density at radius 2 is 1.70 bits per heavy atom. The van der Waals surface area contributed by atoms with Gasteiger partial charge < -0.3 is 0 Å². The number of fused-ring (bicyclic) bond motifs is 1. The first-order valence-electron chi connectivity index (χ1n) is 7.77. The standard InChI is InChI=1S/C19H22O/c1-14-11-12-18(17-10-6-5-9-16(14)17)19(20)13-15-7-3-2-4-8-15/h5-6,9-12,15H,2-4,7-8,13H2,1H3. The minimum Gasteiger partial charge on any atom is -0.294 e. The van der Waals surface area contributed by atoms with E-state index in [9.17, 15) is 4.79 Å². The third-order valence-electron chi connectivity index (χ3n) is 4.64. The molecule has 2 aromatic carbocycles. The highest BCUT2D eigenvalue weighted by Crippen LogP contribution is 2.29. The molecule has 3 rings (SSSR count). The summed E-state index contributed by atoms with van der Waals surface area (Å²) in [4.78, 5) is 12.6. The summed E-state index contributed by atoms with van der Waals surface area (Å²) in [6.45, 7) is 2.11. The highest BCUT2D eigenvalue weighted by molar-refractivity contribution is 6.08. The molecule has 20 heavy (non-hydrogen) atoms. The molecule has 0 heterocycles. The maximum atomic E-state index is 12.6. The lowest BCUT2D eigenvalue weighted by Gasteiger charge is -2.21. The van der Waals surface area contributed by atoms with Crippen molar-refractivity contribution >= 4 is 16.6 Å². The van der Waals surface area contributed by atoms with Gasteiger partial charge in [-0.05, 0) is 29.2 Å². The van der Waals surface area contributed by atoms with E-state index in [4.69, 9.17) is 0 Å². The number of Topliss-reactive ketones (excluding diaryl/α,β-unsaturated/α-hetero) is 1. The Morgan fingerprint density at radius 1 is 1.00 bits per heavy atom. The summed E-state index contributed by atoms with van der Waals surface area (Å²) in [5.74, 6) is 0.935. The monoisotopic (exact) mass is 266 g/mol. The van der Waals surface area contributed by atoms with Crippen molar-refractivity contribution in [1.29, 1.82) is 0 Å².